The molecule has 3 heteroatoms. The van der Waals surface area contributed by atoms with Crippen LogP contribution in [0.2, 0.25) is 0 Å². The van der Waals surface area contributed by atoms with Gasteiger partial charge in [0.15, 0.2) is 5.78 Å². The van der Waals surface area contributed by atoms with E-state index in [0.29, 0.717) is 12.2 Å². The molecule has 1 aliphatic rings. The number of fused-ring (bicyclic) bond motifs is 1. The van der Waals surface area contributed by atoms with Crippen molar-refractivity contribution in [2.75, 3.05) is 6.54 Å². The van der Waals surface area contributed by atoms with Gasteiger partial charge in [0.2, 0.25) is 0 Å². The highest BCUT2D eigenvalue weighted by Crippen LogP contribution is 2.27. The van der Waals surface area contributed by atoms with E-state index in [9.17, 15) is 4.79 Å². The fourth-order valence-electron chi connectivity index (χ4n) is 3.36. The normalized spacial score (nSPS) is 21.8. The number of hydrogen-bond acceptors (Lipinski definition) is 3. The van der Waals surface area contributed by atoms with Crippen molar-refractivity contribution in [1.82, 2.24) is 10.3 Å². The lowest BCUT2D eigenvalue weighted by atomic mass is 9.85. The van der Waals surface area contributed by atoms with Crippen molar-refractivity contribution in [3.8, 4) is 0 Å². The number of hydrogen-bond donors (Lipinski definition) is 1. The van der Waals surface area contributed by atoms with E-state index in [0.717, 1.165) is 48.8 Å². The first-order valence-corrected chi connectivity index (χ1v) is 7.86. The van der Waals surface area contributed by atoms with E-state index < -0.39 is 0 Å². The zero-order valence-electron chi connectivity index (χ0n) is 12.6. The number of nitrogens with zero attached hydrogens (tertiary/aromatic N) is 1. The lowest BCUT2D eigenvalue weighted by Gasteiger charge is -2.27. The van der Waals surface area contributed by atoms with Crippen molar-refractivity contribution in [2.45, 2.75) is 44.6 Å². The number of Topliss-reactive ketones (excluding diaryl/α,β-unsaturated/α-hetero) is 1. The van der Waals surface area contributed by atoms with Crippen LogP contribution >= 0.6 is 0 Å². The molecule has 3 rings (SSSR count). The second-order valence-corrected chi connectivity index (χ2v) is 5.96. The summed E-state index contributed by atoms with van der Waals surface area (Å²) in [6, 6.07) is 12.1. The number of carbonyl (C=O) groups excluding carboxylic acids is 1. The molecule has 1 unspecified atom stereocenters. The predicted molar refractivity (Wildman–Crippen MR) is 85.3 cm³/mol. The number of ketones is 1. The van der Waals surface area contributed by atoms with Crippen LogP contribution in [0.4, 0.5) is 0 Å². The molecular formula is C18H22N2O. The Hall–Kier alpha value is -1.74. The molecular weight excluding hydrogens is 260 g/mol. The van der Waals surface area contributed by atoms with E-state index in [1.165, 1.54) is 0 Å². The summed E-state index contributed by atoms with van der Waals surface area (Å²) >= 11 is 0. The molecule has 0 aliphatic carbocycles. The minimum atomic E-state index is -0.303. The maximum absolute atomic E-state index is 12.8. The fraction of sp³-hybridized carbons (Fsp3) is 0.444. The number of nitrogens with one attached hydrogen (secondary N) is 1. The van der Waals surface area contributed by atoms with Gasteiger partial charge in [-0.25, -0.2) is 0 Å². The van der Waals surface area contributed by atoms with E-state index in [2.05, 4.69) is 23.3 Å². The van der Waals surface area contributed by atoms with Crippen molar-refractivity contribution in [1.29, 1.82) is 0 Å². The van der Waals surface area contributed by atoms with Gasteiger partial charge in [0.25, 0.3) is 0 Å². The molecule has 0 bridgehead atoms. The Morgan fingerprint density at radius 1 is 1.29 bits per heavy atom. The van der Waals surface area contributed by atoms with Gasteiger partial charge in [-0.05, 0) is 37.9 Å². The molecule has 1 fully saturated rings. The maximum atomic E-state index is 12.8. The average Bonchev–Trinajstić information content (AvgIpc) is 2.97. The second kappa shape index (κ2) is 5.94. The number of pyridine rings is 1. The number of benzene rings is 1. The van der Waals surface area contributed by atoms with E-state index in [1.54, 1.807) is 0 Å². The molecule has 1 aliphatic heterocycles. The molecule has 0 spiro atoms. The van der Waals surface area contributed by atoms with Gasteiger partial charge in [-0.2, -0.15) is 0 Å². The molecule has 2 heterocycles. The van der Waals surface area contributed by atoms with Gasteiger partial charge in [0.1, 0.15) is 0 Å². The van der Waals surface area contributed by atoms with Crippen molar-refractivity contribution >= 4 is 16.7 Å². The summed E-state index contributed by atoms with van der Waals surface area (Å²) in [5.74, 6) is 0.296. The van der Waals surface area contributed by atoms with Crippen molar-refractivity contribution in [3.05, 3.63) is 42.1 Å². The summed E-state index contributed by atoms with van der Waals surface area (Å²) in [5.41, 5.74) is 1.54. The van der Waals surface area contributed by atoms with Crippen LogP contribution in [-0.2, 0) is 11.2 Å². The van der Waals surface area contributed by atoms with Crippen molar-refractivity contribution in [3.63, 3.8) is 0 Å². The van der Waals surface area contributed by atoms with E-state index >= 15 is 0 Å². The Labute approximate surface area is 125 Å². The predicted octanol–water partition coefficient (Wildman–Crippen LogP) is 3.27. The Bertz CT molecular complexity index is 644. The molecule has 2 aromatic rings. The number of para-hydroxylation sites is 1. The van der Waals surface area contributed by atoms with Crippen LogP contribution in [0, 0.1) is 0 Å². The summed E-state index contributed by atoms with van der Waals surface area (Å²) in [6.07, 6.45) is 4.45. The highest BCUT2D eigenvalue weighted by atomic mass is 16.1. The lowest BCUT2D eigenvalue weighted by Crippen LogP contribution is -2.48. The van der Waals surface area contributed by atoms with Gasteiger partial charge in [-0.1, -0.05) is 37.6 Å². The van der Waals surface area contributed by atoms with Gasteiger partial charge in [0.05, 0.1) is 17.5 Å². The average molecular weight is 282 g/mol. The van der Waals surface area contributed by atoms with Crippen LogP contribution in [0.25, 0.3) is 10.9 Å². The zero-order chi connectivity index (χ0) is 14.7. The van der Waals surface area contributed by atoms with Crippen LogP contribution in [0.15, 0.2) is 36.4 Å². The molecule has 1 saturated heterocycles. The first-order valence-electron chi connectivity index (χ1n) is 7.86. The molecule has 0 saturated carbocycles. The molecule has 110 valence electrons. The first-order chi connectivity index (χ1) is 10.2. The second-order valence-electron chi connectivity index (χ2n) is 5.96. The lowest BCUT2D eigenvalue weighted by molar-refractivity contribution is -0.124. The third-order valence-corrected chi connectivity index (χ3v) is 4.45. The molecule has 1 atom stereocenters. The van der Waals surface area contributed by atoms with Gasteiger partial charge in [-0.3, -0.25) is 9.78 Å². The molecule has 1 N–H and O–H groups in total. The van der Waals surface area contributed by atoms with Gasteiger partial charge < -0.3 is 5.32 Å². The number of aromatic nitrogens is 1. The van der Waals surface area contributed by atoms with Crippen LogP contribution in [-0.4, -0.2) is 22.9 Å². The Morgan fingerprint density at radius 3 is 2.90 bits per heavy atom. The van der Waals surface area contributed by atoms with E-state index in [1.807, 2.05) is 30.3 Å². The largest absolute Gasteiger partial charge is 0.305 e. The molecule has 1 aromatic carbocycles. The molecule has 21 heavy (non-hydrogen) atoms. The Kier molecular flexibility index (Phi) is 4.02. The van der Waals surface area contributed by atoms with Crippen molar-refractivity contribution in [2.24, 2.45) is 0 Å². The Morgan fingerprint density at radius 2 is 2.14 bits per heavy atom. The maximum Gasteiger partial charge on any atom is 0.158 e. The standard InChI is InChI=1S/C18H22N2O/c1-2-10-18(11-5-12-19-18)17(21)13-15-9-8-14-6-3-4-7-16(14)20-15/h3-4,6-9,19H,2,5,10-13H2,1H3. The highest BCUT2D eigenvalue weighted by Gasteiger charge is 2.39. The SMILES string of the molecule is CCCC1(C(=O)Cc2ccc3ccccc3n2)CCCN1. The summed E-state index contributed by atoms with van der Waals surface area (Å²) in [5, 5.41) is 4.57. The fourth-order valence-corrected chi connectivity index (χ4v) is 3.36. The van der Waals surface area contributed by atoms with E-state index in [4.69, 9.17) is 0 Å². The molecule has 1 aromatic heterocycles. The third kappa shape index (κ3) is 2.84. The summed E-state index contributed by atoms with van der Waals surface area (Å²) in [6.45, 7) is 3.10. The highest BCUT2D eigenvalue weighted by molar-refractivity contribution is 5.90. The monoisotopic (exact) mass is 282 g/mol. The zero-order valence-corrected chi connectivity index (χ0v) is 12.6. The summed E-state index contributed by atoms with van der Waals surface area (Å²) in [7, 11) is 0. The Balaban J connectivity index is 1.82. The van der Waals surface area contributed by atoms with Crippen LogP contribution in [0.5, 0.6) is 0 Å². The molecule has 0 radical (unpaired) electrons. The summed E-state index contributed by atoms with van der Waals surface area (Å²) < 4.78 is 0. The first kappa shape index (κ1) is 14.2. The van der Waals surface area contributed by atoms with Crippen LogP contribution in [0.1, 0.15) is 38.3 Å². The molecule has 3 nitrogen and oxygen atoms in total. The van der Waals surface area contributed by atoms with Crippen LogP contribution < -0.4 is 5.32 Å². The number of carbonyl (C=O) groups is 1. The van der Waals surface area contributed by atoms with Gasteiger partial charge in [0, 0.05) is 11.1 Å². The van der Waals surface area contributed by atoms with Gasteiger partial charge >= 0.3 is 0 Å². The third-order valence-electron chi connectivity index (χ3n) is 4.45. The van der Waals surface area contributed by atoms with Crippen molar-refractivity contribution < 1.29 is 4.79 Å². The number of rotatable bonds is 5. The van der Waals surface area contributed by atoms with E-state index in [-0.39, 0.29) is 5.54 Å². The minimum Gasteiger partial charge on any atom is -0.305 e. The minimum absolute atomic E-state index is 0.296. The molecule has 0 amide bonds. The smallest absolute Gasteiger partial charge is 0.158 e. The topological polar surface area (TPSA) is 42.0 Å². The van der Waals surface area contributed by atoms with Gasteiger partial charge in [-0.15, -0.1) is 0 Å². The quantitative estimate of drug-likeness (QED) is 0.915. The van der Waals surface area contributed by atoms with Crippen LogP contribution in [0.3, 0.4) is 0 Å². The summed E-state index contributed by atoms with van der Waals surface area (Å²) in [4.78, 5) is 17.4.